The van der Waals surface area contributed by atoms with E-state index in [-0.39, 0.29) is 11.7 Å². The van der Waals surface area contributed by atoms with Crippen LogP contribution in [0.1, 0.15) is 16.7 Å². The Bertz CT molecular complexity index is 1010. The van der Waals surface area contributed by atoms with Crippen LogP contribution in [0.3, 0.4) is 0 Å². The van der Waals surface area contributed by atoms with Gasteiger partial charge in [-0.25, -0.2) is 0 Å². The Kier molecular flexibility index (Phi) is 4.34. The number of nitrogens with zero attached hydrogens (tertiary/aromatic N) is 2. The first kappa shape index (κ1) is 16.8. The van der Waals surface area contributed by atoms with Gasteiger partial charge in [-0.05, 0) is 54.5 Å². The summed E-state index contributed by atoms with van der Waals surface area (Å²) in [5.74, 6) is 0.673. The summed E-state index contributed by atoms with van der Waals surface area (Å²) in [5.41, 5.74) is 10.3. The summed E-state index contributed by atoms with van der Waals surface area (Å²) in [4.78, 5) is 18.9. The van der Waals surface area contributed by atoms with Crippen molar-refractivity contribution in [1.82, 2.24) is 4.98 Å². The standard InChI is InChI=1S/C22H19N3O2/c1-15-2-4-17(5-3-15)14-25-19-13-18(23)6-7-20(19)27-21(22(25)26)12-16-8-10-24-11-9-16/h2-13H,14,23H2,1H3/b21-12+. The van der Waals surface area contributed by atoms with E-state index in [2.05, 4.69) is 4.98 Å². The van der Waals surface area contributed by atoms with Crippen molar-refractivity contribution < 1.29 is 9.53 Å². The largest absolute Gasteiger partial charge is 0.449 e. The lowest BCUT2D eigenvalue weighted by Gasteiger charge is -2.31. The van der Waals surface area contributed by atoms with Crippen LogP contribution in [0.5, 0.6) is 5.75 Å². The molecule has 0 saturated carbocycles. The highest BCUT2D eigenvalue weighted by molar-refractivity contribution is 6.10. The molecule has 0 spiro atoms. The van der Waals surface area contributed by atoms with Crippen molar-refractivity contribution in [3.05, 3.63) is 89.4 Å². The summed E-state index contributed by atoms with van der Waals surface area (Å²) in [6, 6.07) is 17.1. The molecule has 0 bridgehead atoms. The second kappa shape index (κ2) is 6.96. The Morgan fingerprint density at radius 2 is 1.81 bits per heavy atom. The van der Waals surface area contributed by atoms with Crippen molar-refractivity contribution in [2.24, 2.45) is 0 Å². The number of aryl methyl sites for hydroxylation is 1. The van der Waals surface area contributed by atoms with Gasteiger partial charge in [-0.1, -0.05) is 29.8 Å². The fraction of sp³-hybridized carbons (Fsp3) is 0.0909. The van der Waals surface area contributed by atoms with Crippen LogP contribution in [0.2, 0.25) is 0 Å². The van der Waals surface area contributed by atoms with E-state index in [9.17, 15) is 4.79 Å². The molecule has 2 N–H and O–H groups in total. The SMILES string of the molecule is Cc1ccc(CN2C(=O)/C(=C\c3ccncc3)Oc3ccc(N)cc32)cc1. The van der Waals surface area contributed by atoms with Gasteiger partial charge in [0.15, 0.2) is 11.5 Å². The van der Waals surface area contributed by atoms with Crippen LogP contribution in [0.25, 0.3) is 6.08 Å². The molecule has 3 aromatic rings. The van der Waals surface area contributed by atoms with Crippen molar-refractivity contribution in [2.75, 3.05) is 10.6 Å². The molecule has 4 rings (SSSR count). The first-order valence-corrected chi connectivity index (χ1v) is 8.67. The van der Waals surface area contributed by atoms with Crippen LogP contribution in [0.15, 0.2) is 72.8 Å². The molecule has 2 aromatic carbocycles. The molecule has 0 atom stereocenters. The summed E-state index contributed by atoms with van der Waals surface area (Å²) >= 11 is 0. The molecule has 0 fully saturated rings. The van der Waals surface area contributed by atoms with E-state index < -0.39 is 0 Å². The van der Waals surface area contributed by atoms with Gasteiger partial charge >= 0.3 is 0 Å². The van der Waals surface area contributed by atoms with Crippen molar-refractivity contribution in [3.8, 4) is 5.75 Å². The van der Waals surface area contributed by atoms with Gasteiger partial charge in [-0.2, -0.15) is 0 Å². The fourth-order valence-electron chi connectivity index (χ4n) is 2.97. The predicted octanol–water partition coefficient (Wildman–Crippen LogP) is 3.94. The molecule has 2 heterocycles. The third-order valence-corrected chi connectivity index (χ3v) is 4.41. The minimum atomic E-state index is -0.203. The third kappa shape index (κ3) is 3.53. The van der Waals surface area contributed by atoms with Crippen molar-refractivity contribution in [2.45, 2.75) is 13.5 Å². The second-order valence-corrected chi connectivity index (χ2v) is 6.50. The van der Waals surface area contributed by atoms with E-state index >= 15 is 0 Å². The molecule has 5 heteroatoms. The van der Waals surface area contributed by atoms with Crippen molar-refractivity contribution in [3.63, 3.8) is 0 Å². The number of benzene rings is 2. The number of nitrogen functional groups attached to an aromatic ring is 1. The Labute approximate surface area is 157 Å². The number of pyridine rings is 1. The number of fused-ring (bicyclic) bond motifs is 1. The molecule has 0 radical (unpaired) electrons. The van der Waals surface area contributed by atoms with Gasteiger partial charge in [0.05, 0.1) is 12.2 Å². The van der Waals surface area contributed by atoms with Crippen molar-refractivity contribution in [1.29, 1.82) is 0 Å². The smallest absolute Gasteiger partial charge is 0.294 e. The zero-order chi connectivity index (χ0) is 18.8. The van der Waals surface area contributed by atoms with Gasteiger partial charge < -0.3 is 10.5 Å². The van der Waals surface area contributed by atoms with Crippen LogP contribution in [0.4, 0.5) is 11.4 Å². The second-order valence-electron chi connectivity index (χ2n) is 6.50. The summed E-state index contributed by atoms with van der Waals surface area (Å²) in [5, 5.41) is 0. The Hall–Kier alpha value is -3.60. The highest BCUT2D eigenvalue weighted by Crippen LogP contribution is 2.38. The maximum absolute atomic E-state index is 13.2. The maximum atomic E-state index is 13.2. The number of hydrogen-bond donors (Lipinski definition) is 1. The molecule has 0 unspecified atom stereocenters. The quantitative estimate of drug-likeness (QED) is 0.569. The Balaban J connectivity index is 1.75. The van der Waals surface area contributed by atoms with Gasteiger partial charge in [-0.15, -0.1) is 0 Å². The number of carbonyl (C=O) groups excluding carboxylic acids is 1. The molecule has 0 aliphatic carbocycles. The van der Waals surface area contributed by atoms with Gasteiger partial charge in [-0.3, -0.25) is 14.7 Å². The molecule has 1 amide bonds. The number of hydrogen-bond acceptors (Lipinski definition) is 4. The van der Waals surface area contributed by atoms with E-state index in [0.29, 0.717) is 23.7 Å². The maximum Gasteiger partial charge on any atom is 0.294 e. The summed E-state index contributed by atoms with van der Waals surface area (Å²) in [7, 11) is 0. The monoisotopic (exact) mass is 357 g/mol. The van der Waals surface area contributed by atoms with Gasteiger partial charge in [0.2, 0.25) is 0 Å². The highest BCUT2D eigenvalue weighted by Gasteiger charge is 2.30. The fourth-order valence-corrected chi connectivity index (χ4v) is 2.97. The Morgan fingerprint density at radius 1 is 1.07 bits per heavy atom. The molecule has 134 valence electrons. The van der Waals surface area contributed by atoms with E-state index in [1.165, 1.54) is 5.56 Å². The first-order chi connectivity index (χ1) is 13.1. The zero-order valence-electron chi connectivity index (χ0n) is 14.9. The van der Waals surface area contributed by atoms with E-state index in [1.54, 1.807) is 41.6 Å². The van der Waals surface area contributed by atoms with Crippen LogP contribution < -0.4 is 15.4 Å². The lowest BCUT2D eigenvalue weighted by Crippen LogP contribution is -2.36. The van der Waals surface area contributed by atoms with E-state index in [0.717, 1.165) is 11.1 Å². The normalized spacial score (nSPS) is 14.8. The number of ether oxygens (including phenoxy) is 1. The Morgan fingerprint density at radius 3 is 2.56 bits per heavy atom. The lowest BCUT2D eigenvalue weighted by atomic mass is 10.1. The number of amides is 1. The summed E-state index contributed by atoms with van der Waals surface area (Å²) in [6.07, 6.45) is 5.09. The van der Waals surface area contributed by atoms with Crippen LogP contribution in [-0.2, 0) is 11.3 Å². The molecule has 27 heavy (non-hydrogen) atoms. The van der Waals surface area contributed by atoms with E-state index in [4.69, 9.17) is 10.5 Å². The number of carbonyl (C=O) groups is 1. The molecule has 1 aromatic heterocycles. The van der Waals surface area contributed by atoms with Gasteiger partial charge in [0.1, 0.15) is 0 Å². The average Bonchev–Trinajstić information content (AvgIpc) is 2.68. The number of nitrogens with two attached hydrogens (primary N) is 1. The van der Waals surface area contributed by atoms with Crippen molar-refractivity contribution >= 4 is 23.4 Å². The molecule has 0 saturated heterocycles. The van der Waals surface area contributed by atoms with Crippen LogP contribution >= 0.6 is 0 Å². The van der Waals surface area contributed by atoms with Gasteiger partial charge in [0.25, 0.3) is 5.91 Å². The first-order valence-electron chi connectivity index (χ1n) is 8.67. The zero-order valence-corrected chi connectivity index (χ0v) is 14.9. The number of rotatable bonds is 3. The third-order valence-electron chi connectivity index (χ3n) is 4.41. The highest BCUT2D eigenvalue weighted by atomic mass is 16.5. The lowest BCUT2D eigenvalue weighted by molar-refractivity contribution is -0.117. The van der Waals surface area contributed by atoms with Crippen LogP contribution in [0, 0.1) is 6.92 Å². The van der Waals surface area contributed by atoms with E-state index in [1.807, 2.05) is 43.3 Å². The topological polar surface area (TPSA) is 68.5 Å². The number of aromatic nitrogens is 1. The molecular formula is C22H19N3O2. The number of anilines is 2. The molecule has 5 nitrogen and oxygen atoms in total. The summed E-state index contributed by atoms with van der Waals surface area (Å²) < 4.78 is 5.88. The minimum Gasteiger partial charge on any atom is -0.449 e. The summed E-state index contributed by atoms with van der Waals surface area (Å²) in [6.45, 7) is 2.47. The molecular weight excluding hydrogens is 338 g/mol. The minimum absolute atomic E-state index is 0.203. The van der Waals surface area contributed by atoms with Gasteiger partial charge in [0, 0.05) is 18.1 Å². The predicted molar refractivity (Wildman–Crippen MR) is 106 cm³/mol. The molecule has 1 aliphatic heterocycles. The molecule has 1 aliphatic rings. The van der Waals surface area contributed by atoms with Crippen LogP contribution in [-0.4, -0.2) is 10.9 Å². The average molecular weight is 357 g/mol.